The van der Waals surface area contributed by atoms with Crippen molar-refractivity contribution >= 4 is 0 Å². The highest BCUT2D eigenvalue weighted by atomic mass is 19.4. The zero-order valence-corrected chi connectivity index (χ0v) is 8.29. The summed E-state index contributed by atoms with van der Waals surface area (Å²) in [4.78, 5) is 0. The molecule has 0 radical (unpaired) electrons. The summed E-state index contributed by atoms with van der Waals surface area (Å²) >= 11 is 0. The van der Waals surface area contributed by atoms with E-state index in [0.29, 0.717) is 5.56 Å². The van der Waals surface area contributed by atoms with E-state index >= 15 is 0 Å². The van der Waals surface area contributed by atoms with E-state index in [-0.39, 0.29) is 25.6 Å². The summed E-state index contributed by atoms with van der Waals surface area (Å²) in [5, 5.41) is 17.3. The van der Waals surface area contributed by atoms with Gasteiger partial charge in [-0.25, -0.2) is 0 Å². The Kier molecular flexibility index (Phi) is 4.14. The van der Waals surface area contributed by atoms with Crippen LogP contribution in [0, 0.1) is 0 Å². The molecule has 0 fully saturated rings. The normalized spacial score (nSPS) is 11.6. The number of aliphatic hydroxyl groups is 2. The fraction of sp³-hybridized carbons (Fsp3) is 0.400. The predicted octanol–water partition coefficient (Wildman–Crippen LogP) is 1.57. The maximum Gasteiger partial charge on any atom is 0.419 e. The third-order valence-electron chi connectivity index (χ3n) is 1.88. The molecular formula is C10H11F3O3. The largest absolute Gasteiger partial charge is 0.491 e. The van der Waals surface area contributed by atoms with Gasteiger partial charge in [0.1, 0.15) is 12.4 Å². The summed E-state index contributed by atoms with van der Waals surface area (Å²) in [6.45, 7) is -0.966. The zero-order chi connectivity index (χ0) is 12.2. The summed E-state index contributed by atoms with van der Waals surface area (Å²) < 4.78 is 42.3. The quantitative estimate of drug-likeness (QED) is 0.834. The molecule has 0 unspecified atom stereocenters. The highest BCUT2D eigenvalue weighted by Crippen LogP contribution is 2.36. The third kappa shape index (κ3) is 3.11. The van der Waals surface area contributed by atoms with Crippen LogP contribution in [0.3, 0.4) is 0 Å². The van der Waals surface area contributed by atoms with Crippen molar-refractivity contribution < 1.29 is 28.1 Å². The minimum atomic E-state index is -4.52. The van der Waals surface area contributed by atoms with Gasteiger partial charge in [0.25, 0.3) is 0 Å². The summed E-state index contributed by atoms with van der Waals surface area (Å²) in [6.07, 6.45) is -4.52. The minimum absolute atomic E-state index is 0.224. The van der Waals surface area contributed by atoms with Crippen LogP contribution in [0.5, 0.6) is 5.75 Å². The lowest BCUT2D eigenvalue weighted by Gasteiger charge is -2.14. The van der Waals surface area contributed by atoms with Crippen molar-refractivity contribution in [1.29, 1.82) is 0 Å². The number of rotatable bonds is 4. The zero-order valence-electron chi connectivity index (χ0n) is 8.29. The smallest absolute Gasteiger partial charge is 0.419 e. The Morgan fingerprint density at radius 3 is 2.38 bits per heavy atom. The van der Waals surface area contributed by atoms with Crippen LogP contribution in [-0.2, 0) is 12.8 Å². The van der Waals surface area contributed by atoms with E-state index in [0.717, 1.165) is 12.1 Å². The van der Waals surface area contributed by atoms with Gasteiger partial charge in [-0.3, -0.25) is 0 Å². The monoisotopic (exact) mass is 236 g/mol. The number of hydrogen-bond acceptors (Lipinski definition) is 3. The van der Waals surface area contributed by atoms with Gasteiger partial charge in [0.15, 0.2) is 0 Å². The predicted molar refractivity (Wildman–Crippen MR) is 49.9 cm³/mol. The molecule has 0 saturated heterocycles. The molecule has 3 nitrogen and oxygen atoms in total. The van der Waals surface area contributed by atoms with E-state index in [9.17, 15) is 13.2 Å². The number of aliphatic hydroxyl groups excluding tert-OH is 2. The first kappa shape index (κ1) is 12.8. The van der Waals surface area contributed by atoms with Crippen LogP contribution in [0.15, 0.2) is 18.2 Å². The molecule has 0 bridgehead atoms. The second-order valence-corrected chi connectivity index (χ2v) is 3.06. The minimum Gasteiger partial charge on any atom is -0.491 e. The molecule has 2 N–H and O–H groups in total. The lowest BCUT2D eigenvalue weighted by Crippen LogP contribution is -2.11. The molecule has 0 amide bonds. The molecule has 0 aliphatic heterocycles. The Balaban J connectivity index is 3.06. The summed E-state index contributed by atoms with van der Waals surface area (Å²) in [5.74, 6) is -0.381. The average molecular weight is 236 g/mol. The van der Waals surface area contributed by atoms with Gasteiger partial charge < -0.3 is 14.9 Å². The van der Waals surface area contributed by atoms with Gasteiger partial charge in [0, 0.05) is 0 Å². The number of alkyl halides is 3. The Morgan fingerprint density at radius 1 is 1.19 bits per heavy atom. The number of benzene rings is 1. The van der Waals surface area contributed by atoms with Crippen molar-refractivity contribution in [2.24, 2.45) is 0 Å². The average Bonchev–Trinajstić information content (AvgIpc) is 2.24. The van der Waals surface area contributed by atoms with Gasteiger partial charge in [0.05, 0.1) is 18.8 Å². The van der Waals surface area contributed by atoms with E-state index < -0.39 is 11.7 Å². The van der Waals surface area contributed by atoms with Crippen molar-refractivity contribution in [2.45, 2.75) is 12.8 Å². The summed E-state index contributed by atoms with van der Waals surface area (Å²) in [7, 11) is 0. The third-order valence-corrected chi connectivity index (χ3v) is 1.88. The first-order valence-electron chi connectivity index (χ1n) is 4.53. The molecule has 16 heavy (non-hydrogen) atoms. The molecule has 1 aromatic rings. The van der Waals surface area contributed by atoms with Gasteiger partial charge in [0.2, 0.25) is 0 Å². The number of halogens is 3. The van der Waals surface area contributed by atoms with E-state index in [4.69, 9.17) is 14.9 Å². The molecule has 0 heterocycles. The molecule has 0 aromatic heterocycles. The van der Waals surface area contributed by atoms with Crippen molar-refractivity contribution in [2.75, 3.05) is 13.2 Å². The first-order chi connectivity index (χ1) is 7.49. The van der Waals surface area contributed by atoms with Crippen LogP contribution in [0.2, 0.25) is 0 Å². The molecule has 1 aromatic carbocycles. The fourth-order valence-corrected chi connectivity index (χ4v) is 1.17. The van der Waals surface area contributed by atoms with Crippen molar-refractivity contribution in [3.8, 4) is 5.75 Å². The Labute approximate surface area is 90.1 Å². The summed E-state index contributed by atoms with van der Waals surface area (Å²) in [6, 6.07) is 3.13. The van der Waals surface area contributed by atoms with Crippen LogP contribution >= 0.6 is 0 Å². The molecule has 6 heteroatoms. The SMILES string of the molecule is OCCOc1cc(CO)ccc1C(F)(F)F. The van der Waals surface area contributed by atoms with E-state index in [1.54, 1.807) is 0 Å². The fourth-order valence-electron chi connectivity index (χ4n) is 1.17. The van der Waals surface area contributed by atoms with Crippen molar-refractivity contribution in [3.63, 3.8) is 0 Å². The highest BCUT2D eigenvalue weighted by molar-refractivity contribution is 5.39. The van der Waals surface area contributed by atoms with Gasteiger partial charge in [-0.05, 0) is 17.7 Å². The standard InChI is InChI=1S/C10H11F3O3/c11-10(12,13)8-2-1-7(6-15)5-9(8)16-4-3-14/h1-2,5,14-15H,3-4,6H2. The number of ether oxygens (including phenoxy) is 1. The Bertz CT molecular complexity index is 350. The maximum atomic E-state index is 12.5. The van der Waals surface area contributed by atoms with Crippen LogP contribution in [0.4, 0.5) is 13.2 Å². The molecule has 0 atom stereocenters. The molecular weight excluding hydrogens is 225 g/mol. The Hall–Kier alpha value is -1.27. The molecule has 1 rings (SSSR count). The van der Waals surface area contributed by atoms with Crippen LogP contribution < -0.4 is 4.74 Å². The topological polar surface area (TPSA) is 49.7 Å². The van der Waals surface area contributed by atoms with Crippen LogP contribution in [0.25, 0.3) is 0 Å². The van der Waals surface area contributed by atoms with Gasteiger partial charge in [-0.15, -0.1) is 0 Å². The van der Waals surface area contributed by atoms with E-state index in [1.807, 2.05) is 0 Å². The van der Waals surface area contributed by atoms with E-state index in [1.165, 1.54) is 6.07 Å². The first-order valence-corrected chi connectivity index (χ1v) is 4.53. The molecule has 0 saturated carbocycles. The van der Waals surface area contributed by atoms with Gasteiger partial charge >= 0.3 is 6.18 Å². The Morgan fingerprint density at radius 2 is 1.88 bits per heavy atom. The highest BCUT2D eigenvalue weighted by Gasteiger charge is 2.34. The molecule has 0 aliphatic rings. The number of hydrogen-bond donors (Lipinski definition) is 2. The second kappa shape index (κ2) is 5.18. The molecule has 90 valence electrons. The molecule has 0 spiro atoms. The lowest BCUT2D eigenvalue weighted by atomic mass is 10.1. The lowest BCUT2D eigenvalue weighted by molar-refractivity contribution is -0.139. The van der Waals surface area contributed by atoms with Gasteiger partial charge in [-0.2, -0.15) is 13.2 Å². The van der Waals surface area contributed by atoms with Gasteiger partial charge in [-0.1, -0.05) is 6.07 Å². The maximum absolute atomic E-state index is 12.5. The van der Waals surface area contributed by atoms with Crippen molar-refractivity contribution in [3.05, 3.63) is 29.3 Å². The van der Waals surface area contributed by atoms with Crippen molar-refractivity contribution in [1.82, 2.24) is 0 Å². The summed E-state index contributed by atoms with van der Waals surface area (Å²) in [5.41, 5.74) is -0.598. The second-order valence-electron chi connectivity index (χ2n) is 3.06. The van der Waals surface area contributed by atoms with Crippen LogP contribution in [0.1, 0.15) is 11.1 Å². The van der Waals surface area contributed by atoms with Crippen LogP contribution in [-0.4, -0.2) is 23.4 Å². The molecule has 0 aliphatic carbocycles. The van der Waals surface area contributed by atoms with E-state index in [2.05, 4.69) is 0 Å².